The minimum absolute atomic E-state index is 0.0416. The first-order chi connectivity index (χ1) is 9.59. The number of para-hydroxylation sites is 1. The SMILES string of the molecule is O=C(NN=Cc1c(O)cccc1Br)c1ccccc1O. The van der Waals surface area contributed by atoms with Crippen molar-refractivity contribution in [1.82, 2.24) is 5.43 Å². The van der Waals surface area contributed by atoms with Gasteiger partial charge in [0.2, 0.25) is 0 Å². The lowest BCUT2D eigenvalue weighted by atomic mass is 10.2. The van der Waals surface area contributed by atoms with E-state index in [-0.39, 0.29) is 17.1 Å². The van der Waals surface area contributed by atoms with Gasteiger partial charge in [-0.2, -0.15) is 5.10 Å². The molecule has 0 saturated heterocycles. The molecule has 0 saturated carbocycles. The summed E-state index contributed by atoms with van der Waals surface area (Å²) in [4.78, 5) is 11.8. The number of nitrogens with zero attached hydrogens (tertiary/aromatic N) is 1. The van der Waals surface area contributed by atoms with E-state index in [2.05, 4.69) is 26.5 Å². The fourth-order valence-corrected chi connectivity index (χ4v) is 1.99. The van der Waals surface area contributed by atoms with Gasteiger partial charge < -0.3 is 10.2 Å². The monoisotopic (exact) mass is 334 g/mol. The maximum atomic E-state index is 11.8. The molecule has 20 heavy (non-hydrogen) atoms. The zero-order chi connectivity index (χ0) is 14.5. The Labute approximate surface area is 123 Å². The van der Waals surface area contributed by atoms with Crippen LogP contribution in [0.2, 0.25) is 0 Å². The van der Waals surface area contributed by atoms with Crippen molar-refractivity contribution in [2.75, 3.05) is 0 Å². The highest BCUT2D eigenvalue weighted by Crippen LogP contribution is 2.23. The molecule has 0 heterocycles. The topological polar surface area (TPSA) is 81.9 Å². The van der Waals surface area contributed by atoms with Gasteiger partial charge in [0.05, 0.1) is 17.3 Å². The summed E-state index contributed by atoms with van der Waals surface area (Å²) in [6.45, 7) is 0. The van der Waals surface area contributed by atoms with Gasteiger partial charge in [0.25, 0.3) is 5.91 Å². The second-order valence-electron chi connectivity index (χ2n) is 3.89. The standard InChI is InChI=1S/C14H11BrN2O3/c15-11-5-3-7-13(19)10(11)8-16-17-14(20)9-4-1-2-6-12(9)18/h1-8,18-19H,(H,17,20). The maximum absolute atomic E-state index is 11.8. The van der Waals surface area contributed by atoms with Crippen LogP contribution < -0.4 is 5.43 Å². The molecule has 0 atom stereocenters. The maximum Gasteiger partial charge on any atom is 0.275 e. The molecule has 102 valence electrons. The average Bonchev–Trinajstić information content (AvgIpc) is 2.42. The van der Waals surface area contributed by atoms with Gasteiger partial charge in [-0.15, -0.1) is 0 Å². The van der Waals surface area contributed by atoms with E-state index in [4.69, 9.17) is 0 Å². The smallest absolute Gasteiger partial charge is 0.275 e. The van der Waals surface area contributed by atoms with E-state index >= 15 is 0 Å². The van der Waals surface area contributed by atoms with Crippen LogP contribution in [0.4, 0.5) is 0 Å². The molecule has 0 radical (unpaired) electrons. The number of phenols is 2. The molecule has 1 amide bonds. The van der Waals surface area contributed by atoms with Gasteiger partial charge in [0, 0.05) is 4.47 Å². The fourth-order valence-electron chi connectivity index (χ4n) is 1.53. The second-order valence-corrected chi connectivity index (χ2v) is 4.74. The molecule has 0 bridgehead atoms. The number of aromatic hydroxyl groups is 2. The van der Waals surface area contributed by atoms with E-state index in [1.807, 2.05) is 0 Å². The first-order valence-electron chi connectivity index (χ1n) is 5.68. The lowest BCUT2D eigenvalue weighted by Crippen LogP contribution is -2.17. The van der Waals surface area contributed by atoms with Crippen molar-refractivity contribution >= 4 is 28.1 Å². The summed E-state index contributed by atoms with van der Waals surface area (Å²) in [5.74, 6) is -0.616. The van der Waals surface area contributed by atoms with E-state index in [9.17, 15) is 15.0 Å². The van der Waals surface area contributed by atoms with Crippen molar-refractivity contribution in [2.24, 2.45) is 5.10 Å². The van der Waals surface area contributed by atoms with Crippen molar-refractivity contribution < 1.29 is 15.0 Å². The highest BCUT2D eigenvalue weighted by molar-refractivity contribution is 9.10. The van der Waals surface area contributed by atoms with Crippen molar-refractivity contribution in [2.45, 2.75) is 0 Å². The second kappa shape index (κ2) is 6.21. The van der Waals surface area contributed by atoms with E-state index in [1.54, 1.807) is 24.3 Å². The molecule has 0 aromatic heterocycles. The summed E-state index contributed by atoms with van der Waals surface area (Å²) in [6, 6.07) is 11.1. The molecule has 0 aliphatic carbocycles. The van der Waals surface area contributed by atoms with E-state index in [0.717, 1.165) is 0 Å². The highest BCUT2D eigenvalue weighted by Gasteiger charge is 2.09. The van der Waals surface area contributed by atoms with Gasteiger partial charge in [0.15, 0.2) is 0 Å². The number of hydrazone groups is 1. The average molecular weight is 335 g/mol. The first-order valence-corrected chi connectivity index (χ1v) is 6.48. The quantitative estimate of drug-likeness (QED) is 0.596. The Morgan fingerprint density at radius 3 is 2.50 bits per heavy atom. The summed E-state index contributed by atoms with van der Waals surface area (Å²) in [6.07, 6.45) is 1.32. The number of benzene rings is 2. The van der Waals surface area contributed by atoms with Gasteiger partial charge in [-0.25, -0.2) is 5.43 Å². The molecular weight excluding hydrogens is 324 g/mol. The van der Waals surface area contributed by atoms with Crippen molar-refractivity contribution in [3.05, 3.63) is 58.1 Å². The van der Waals surface area contributed by atoms with Crippen LogP contribution in [-0.2, 0) is 0 Å². The Hall–Kier alpha value is -2.34. The van der Waals surface area contributed by atoms with E-state index in [1.165, 1.54) is 24.4 Å². The summed E-state index contributed by atoms with van der Waals surface area (Å²) in [5.41, 5.74) is 2.86. The molecule has 0 unspecified atom stereocenters. The molecule has 6 heteroatoms. The molecular formula is C14H11BrN2O3. The van der Waals surface area contributed by atoms with Gasteiger partial charge in [-0.1, -0.05) is 18.2 Å². The van der Waals surface area contributed by atoms with E-state index < -0.39 is 5.91 Å². The molecule has 0 fully saturated rings. The molecule has 2 rings (SSSR count). The minimum atomic E-state index is -0.536. The first kappa shape index (κ1) is 14.1. The van der Waals surface area contributed by atoms with Gasteiger partial charge in [0.1, 0.15) is 11.5 Å². The molecule has 0 spiro atoms. The largest absolute Gasteiger partial charge is 0.507 e. The third-order valence-corrected chi connectivity index (χ3v) is 3.23. The summed E-state index contributed by atoms with van der Waals surface area (Å²) in [7, 11) is 0. The minimum Gasteiger partial charge on any atom is -0.507 e. The number of nitrogens with one attached hydrogen (secondary N) is 1. The lowest BCUT2D eigenvalue weighted by Gasteiger charge is -2.03. The summed E-state index contributed by atoms with van der Waals surface area (Å²) >= 11 is 3.27. The summed E-state index contributed by atoms with van der Waals surface area (Å²) < 4.78 is 0.651. The van der Waals surface area contributed by atoms with E-state index in [0.29, 0.717) is 10.0 Å². The van der Waals surface area contributed by atoms with Crippen molar-refractivity contribution in [3.8, 4) is 11.5 Å². The number of hydrogen-bond donors (Lipinski definition) is 3. The predicted molar refractivity (Wildman–Crippen MR) is 79.0 cm³/mol. The Morgan fingerprint density at radius 1 is 1.10 bits per heavy atom. The third kappa shape index (κ3) is 3.16. The zero-order valence-corrected chi connectivity index (χ0v) is 11.8. The van der Waals surface area contributed by atoms with Crippen LogP contribution in [0, 0.1) is 0 Å². The van der Waals surface area contributed by atoms with Gasteiger partial charge >= 0.3 is 0 Å². The molecule has 0 aliphatic rings. The molecule has 2 aromatic carbocycles. The van der Waals surface area contributed by atoms with Crippen LogP contribution in [0.5, 0.6) is 11.5 Å². The number of phenolic OH excluding ortho intramolecular Hbond substituents is 2. The number of rotatable bonds is 3. The van der Waals surface area contributed by atoms with Crippen LogP contribution >= 0.6 is 15.9 Å². The predicted octanol–water partition coefficient (Wildman–Crippen LogP) is 2.62. The Morgan fingerprint density at radius 2 is 1.80 bits per heavy atom. The number of halogens is 1. The zero-order valence-electron chi connectivity index (χ0n) is 10.2. The Bertz CT molecular complexity index is 651. The molecule has 2 aromatic rings. The lowest BCUT2D eigenvalue weighted by molar-refractivity contribution is 0.0952. The summed E-state index contributed by atoms with van der Waals surface area (Å²) in [5, 5.41) is 22.9. The number of carbonyl (C=O) groups is 1. The van der Waals surface area contributed by atoms with Gasteiger partial charge in [-0.05, 0) is 40.2 Å². The number of amides is 1. The van der Waals surface area contributed by atoms with Crippen molar-refractivity contribution in [3.63, 3.8) is 0 Å². The van der Waals surface area contributed by atoms with Crippen molar-refractivity contribution in [1.29, 1.82) is 0 Å². The highest BCUT2D eigenvalue weighted by atomic mass is 79.9. The fraction of sp³-hybridized carbons (Fsp3) is 0. The van der Waals surface area contributed by atoms with Crippen LogP contribution in [0.1, 0.15) is 15.9 Å². The molecule has 3 N–H and O–H groups in total. The number of carbonyl (C=O) groups excluding carboxylic acids is 1. The van der Waals surface area contributed by atoms with Crippen LogP contribution in [0.3, 0.4) is 0 Å². The Kier molecular flexibility index (Phi) is 4.37. The Balaban J connectivity index is 2.11. The molecule has 0 aliphatic heterocycles. The number of hydrogen-bond acceptors (Lipinski definition) is 4. The van der Waals surface area contributed by atoms with Crippen LogP contribution in [0.25, 0.3) is 0 Å². The third-order valence-electron chi connectivity index (χ3n) is 2.54. The molecule has 5 nitrogen and oxygen atoms in total. The van der Waals surface area contributed by atoms with Crippen LogP contribution in [0.15, 0.2) is 52.0 Å². The van der Waals surface area contributed by atoms with Gasteiger partial charge in [-0.3, -0.25) is 4.79 Å². The van der Waals surface area contributed by atoms with Crippen LogP contribution in [-0.4, -0.2) is 22.3 Å². The normalized spacial score (nSPS) is 10.7.